The zero-order valence-corrected chi connectivity index (χ0v) is 21.8. The van der Waals surface area contributed by atoms with Crippen molar-refractivity contribution < 1.29 is 19.1 Å². The van der Waals surface area contributed by atoms with Gasteiger partial charge in [0.2, 0.25) is 5.91 Å². The number of para-hydroxylation sites is 1. The number of hydrogen-bond acceptors (Lipinski definition) is 5. The molecule has 4 amide bonds. The van der Waals surface area contributed by atoms with Gasteiger partial charge < -0.3 is 20.3 Å². The lowest BCUT2D eigenvalue weighted by atomic mass is 9.95. The van der Waals surface area contributed by atoms with Crippen molar-refractivity contribution in [2.24, 2.45) is 0 Å². The standard InChI is InChI=1S/C30H31N5O4/c1-2-35-25-20-34(18-15-26(36)32-17-14-22-10-6-7-16-31-22)29(37)27(25)28(33-30(35)38)21-9-8-13-24(19-21)39-23-11-4-3-5-12-23/h3-13,16,19,28H,2,14-15,17-18,20H2,1H3,(H,32,36)(H,33,38)/t28-/m1/s1. The predicted octanol–water partition coefficient (Wildman–Crippen LogP) is 3.81. The fraction of sp³-hybridized carbons (Fsp3) is 0.267. The summed E-state index contributed by atoms with van der Waals surface area (Å²) in [5, 5.41) is 5.90. The van der Waals surface area contributed by atoms with Gasteiger partial charge in [0, 0.05) is 44.4 Å². The zero-order chi connectivity index (χ0) is 27.2. The number of urea groups is 1. The van der Waals surface area contributed by atoms with Gasteiger partial charge in [-0.3, -0.25) is 19.5 Å². The monoisotopic (exact) mass is 525 g/mol. The third-order valence-corrected chi connectivity index (χ3v) is 6.82. The van der Waals surface area contributed by atoms with Crippen LogP contribution in [-0.4, -0.2) is 58.8 Å². The maximum atomic E-state index is 13.6. The Bertz CT molecular complexity index is 1380. The molecule has 39 heavy (non-hydrogen) atoms. The van der Waals surface area contributed by atoms with Crippen molar-refractivity contribution in [3.05, 3.63) is 102 Å². The van der Waals surface area contributed by atoms with E-state index in [1.165, 1.54) is 0 Å². The summed E-state index contributed by atoms with van der Waals surface area (Å²) in [6, 6.07) is 21.6. The van der Waals surface area contributed by atoms with Crippen LogP contribution in [0.4, 0.5) is 4.79 Å². The minimum Gasteiger partial charge on any atom is -0.457 e. The number of aromatic nitrogens is 1. The van der Waals surface area contributed by atoms with E-state index in [9.17, 15) is 14.4 Å². The van der Waals surface area contributed by atoms with Crippen LogP contribution in [0.2, 0.25) is 0 Å². The van der Waals surface area contributed by atoms with Crippen molar-refractivity contribution in [1.82, 2.24) is 25.4 Å². The lowest BCUT2D eigenvalue weighted by Crippen LogP contribution is -2.47. The van der Waals surface area contributed by atoms with Gasteiger partial charge in [0.1, 0.15) is 11.5 Å². The minimum absolute atomic E-state index is 0.132. The second-order valence-corrected chi connectivity index (χ2v) is 9.37. The quantitative estimate of drug-likeness (QED) is 0.419. The van der Waals surface area contributed by atoms with Gasteiger partial charge in [-0.25, -0.2) is 4.79 Å². The van der Waals surface area contributed by atoms with E-state index in [1.807, 2.05) is 79.7 Å². The van der Waals surface area contributed by atoms with Gasteiger partial charge >= 0.3 is 6.03 Å². The van der Waals surface area contributed by atoms with E-state index in [2.05, 4.69) is 15.6 Å². The number of nitrogens with one attached hydrogen (secondary N) is 2. The average Bonchev–Trinajstić information content (AvgIpc) is 3.28. The largest absolute Gasteiger partial charge is 0.457 e. The first-order valence-electron chi connectivity index (χ1n) is 13.1. The number of ether oxygens (including phenoxy) is 1. The highest BCUT2D eigenvalue weighted by Crippen LogP contribution is 2.37. The van der Waals surface area contributed by atoms with E-state index in [0.29, 0.717) is 42.3 Å². The number of likely N-dealkylation sites (N-methyl/N-ethyl adjacent to an activating group) is 1. The summed E-state index contributed by atoms with van der Waals surface area (Å²) in [5.74, 6) is 0.995. The third kappa shape index (κ3) is 5.93. The summed E-state index contributed by atoms with van der Waals surface area (Å²) in [6.07, 6.45) is 2.54. The van der Waals surface area contributed by atoms with Gasteiger partial charge in [-0.2, -0.15) is 0 Å². The van der Waals surface area contributed by atoms with E-state index >= 15 is 0 Å². The summed E-state index contributed by atoms with van der Waals surface area (Å²) < 4.78 is 5.98. The molecule has 200 valence electrons. The molecule has 5 rings (SSSR count). The van der Waals surface area contributed by atoms with Crippen molar-refractivity contribution in [3.8, 4) is 11.5 Å². The van der Waals surface area contributed by atoms with E-state index in [0.717, 1.165) is 11.3 Å². The molecule has 9 heteroatoms. The average molecular weight is 526 g/mol. The first kappa shape index (κ1) is 26.0. The summed E-state index contributed by atoms with van der Waals surface area (Å²) in [4.78, 5) is 46.6. The molecule has 0 aliphatic carbocycles. The highest BCUT2D eigenvalue weighted by Gasteiger charge is 2.43. The molecule has 0 saturated heterocycles. The zero-order valence-electron chi connectivity index (χ0n) is 21.8. The highest BCUT2D eigenvalue weighted by atomic mass is 16.5. The lowest BCUT2D eigenvalue weighted by Gasteiger charge is -2.33. The van der Waals surface area contributed by atoms with E-state index in [-0.39, 0.29) is 37.4 Å². The second-order valence-electron chi connectivity index (χ2n) is 9.37. The first-order valence-corrected chi connectivity index (χ1v) is 13.1. The molecule has 0 unspecified atom stereocenters. The fourth-order valence-electron chi connectivity index (χ4n) is 4.90. The van der Waals surface area contributed by atoms with Crippen molar-refractivity contribution in [1.29, 1.82) is 0 Å². The first-order chi connectivity index (χ1) is 19.0. The molecule has 1 aromatic heterocycles. The van der Waals surface area contributed by atoms with Crippen LogP contribution in [0.15, 0.2) is 90.3 Å². The Morgan fingerprint density at radius 2 is 1.85 bits per heavy atom. The molecule has 0 fully saturated rings. The molecule has 0 saturated carbocycles. The van der Waals surface area contributed by atoms with Gasteiger partial charge in [-0.1, -0.05) is 36.4 Å². The van der Waals surface area contributed by atoms with Gasteiger partial charge in [0.05, 0.1) is 23.9 Å². The Morgan fingerprint density at radius 3 is 2.62 bits per heavy atom. The predicted molar refractivity (Wildman–Crippen MR) is 146 cm³/mol. The number of pyridine rings is 1. The maximum Gasteiger partial charge on any atom is 0.322 e. The van der Waals surface area contributed by atoms with Crippen LogP contribution < -0.4 is 15.4 Å². The Kier molecular flexibility index (Phi) is 7.86. The number of carbonyl (C=O) groups excluding carboxylic acids is 3. The van der Waals surface area contributed by atoms with Gasteiger partial charge in [0.25, 0.3) is 5.91 Å². The van der Waals surface area contributed by atoms with Crippen LogP contribution in [0.25, 0.3) is 0 Å². The van der Waals surface area contributed by atoms with Crippen molar-refractivity contribution in [2.45, 2.75) is 25.8 Å². The van der Waals surface area contributed by atoms with Gasteiger partial charge in [-0.05, 0) is 48.9 Å². The molecule has 3 aromatic rings. The molecule has 2 aliphatic heterocycles. The van der Waals surface area contributed by atoms with Crippen LogP contribution in [0.3, 0.4) is 0 Å². The molecule has 0 bridgehead atoms. The van der Waals surface area contributed by atoms with Crippen LogP contribution in [0.5, 0.6) is 11.5 Å². The highest BCUT2D eigenvalue weighted by molar-refractivity contribution is 6.01. The number of rotatable bonds is 10. The van der Waals surface area contributed by atoms with Crippen LogP contribution in [0.1, 0.15) is 30.6 Å². The molecule has 0 radical (unpaired) electrons. The smallest absolute Gasteiger partial charge is 0.322 e. The lowest BCUT2D eigenvalue weighted by molar-refractivity contribution is -0.127. The molecule has 3 heterocycles. The van der Waals surface area contributed by atoms with Gasteiger partial charge in [0.15, 0.2) is 0 Å². The fourth-order valence-corrected chi connectivity index (χ4v) is 4.90. The Labute approximate surface area is 227 Å². The number of amides is 4. The van der Waals surface area contributed by atoms with Crippen molar-refractivity contribution >= 4 is 17.8 Å². The molecule has 1 atom stereocenters. The Morgan fingerprint density at radius 1 is 1.05 bits per heavy atom. The van der Waals surface area contributed by atoms with Crippen LogP contribution in [0, 0.1) is 0 Å². The Hall–Kier alpha value is -4.66. The van der Waals surface area contributed by atoms with E-state index < -0.39 is 6.04 Å². The number of carbonyl (C=O) groups is 3. The summed E-state index contributed by atoms with van der Waals surface area (Å²) in [6.45, 7) is 3.33. The molecule has 2 N–H and O–H groups in total. The third-order valence-electron chi connectivity index (χ3n) is 6.82. The normalized spacial score (nSPS) is 16.7. The number of nitrogens with zero attached hydrogens (tertiary/aromatic N) is 3. The van der Waals surface area contributed by atoms with Gasteiger partial charge in [-0.15, -0.1) is 0 Å². The molecule has 0 spiro atoms. The number of benzene rings is 2. The second kappa shape index (κ2) is 11.8. The molecule has 2 aliphatic rings. The molecular weight excluding hydrogens is 494 g/mol. The topological polar surface area (TPSA) is 104 Å². The summed E-state index contributed by atoms with van der Waals surface area (Å²) in [5.41, 5.74) is 2.87. The summed E-state index contributed by atoms with van der Waals surface area (Å²) in [7, 11) is 0. The van der Waals surface area contributed by atoms with E-state index in [4.69, 9.17) is 4.74 Å². The van der Waals surface area contributed by atoms with Crippen LogP contribution >= 0.6 is 0 Å². The minimum atomic E-state index is -0.612. The SMILES string of the molecule is CCN1C(=O)N[C@H](c2cccc(Oc3ccccc3)c2)C2=C1CN(CCC(=O)NCCc1ccccn1)C2=O. The Balaban J connectivity index is 1.26. The molecular formula is C30H31N5O4. The van der Waals surface area contributed by atoms with Crippen molar-refractivity contribution in [2.75, 3.05) is 26.2 Å². The van der Waals surface area contributed by atoms with Crippen LogP contribution in [-0.2, 0) is 16.0 Å². The maximum absolute atomic E-state index is 13.6. The van der Waals surface area contributed by atoms with Crippen molar-refractivity contribution in [3.63, 3.8) is 0 Å². The molecule has 9 nitrogen and oxygen atoms in total. The molecule has 2 aromatic carbocycles. The van der Waals surface area contributed by atoms with E-state index in [1.54, 1.807) is 16.0 Å². The number of hydrogen-bond donors (Lipinski definition) is 2. The summed E-state index contributed by atoms with van der Waals surface area (Å²) >= 11 is 0.